The van der Waals surface area contributed by atoms with E-state index in [0.29, 0.717) is 29.4 Å². The molecule has 1 fully saturated rings. The fourth-order valence-corrected chi connectivity index (χ4v) is 4.72. The third-order valence-corrected chi connectivity index (χ3v) is 6.89. The first-order valence-electron chi connectivity index (χ1n) is 9.94. The Balaban J connectivity index is 1.45. The van der Waals surface area contributed by atoms with E-state index in [1.807, 2.05) is 41.1 Å². The second kappa shape index (κ2) is 8.40. The summed E-state index contributed by atoms with van der Waals surface area (Å²) < 4.78 is 1.85. The van der Waals surface area contributed by atoms with Crippen LogP contribution in [0.2, 0.25) is 5.02 Å². The van der Waals surface area contributed by atoms with Gasteiger partial charge in [0.25, 0.3) is 11.8 Å². The average Bonchev–Trinajstić information content (AvgIpc) is 3.12. The van der Waals surface area contributed by atoms with Crippen LogP contribution in [0, 0.1) is 0 Å². The summed E-state index contributed by atoms with van der Waals surface area (Å²) in [6.45, 7) is 2.87. The van der Waals surface area contributed by atoms with Gasteiger partial charge in [0.2, 0.25) is 0 Å². The molecule has 0 saturated carbocycles. The molecule has 1 saturated heterocycles. The number of amides is 2. The highest BCUT2D eigenvalue weighted by Gasteiger charge is 2.29. The molecule has 1 aromatic heterocycles. The van der Waals surface area contributed by atoms with Crippen molar-refractivity contribution < 1.29 is 9.59 Å². The predicted octanol–water partition coefficient (Wildman–Crippen LogP) is 3.75. The molecule has 2 aliphatic rings. The number of carbonyl (C=O) groups excluding carboxylic acids is 2. The van der Waals surface area contributed by atoms with Crippen molar-refractivity contribution in [1.82, 2.24) is 19.6 Å². The standard InChI is InChI=1S/C21H25ClN4O2S/c1-24-8-3-9-26-19(21(24)28)13-18(23-26)14-6-10-25(11-7-14)20(27)16-12-15(29-2)4-5-17(16)22/h4-5,12-14H,3,6-11H2,1-2H3. The zero-order valence-corrected chi connectivity index (χ0v) is 18.3. The van der Waals surface area contributed by atoms with E-state index in [2.05, 4.69) is 0 Å². The highest BCUT2D eigenvalue weighted by molar-refractivity contribution is 7.98. The summed E-state index contributed by atoms with van der Waals surface area (Å²) >= 11 is 7.88. The van der Waals surface area contributed by atoms with Crippen LogP contribution in [0.5, 0.6) is 0 Å². The molecule has 2 amide bonds. The Morgan fingerprint density at radius 1 is 1.17 bits per heavy atom. The van der Waals surface area contributed by atoms with E-state index in [0.717, 1.165) is 42.9 Å². The number of nitrogens with zero attached hydrogens (tertiary/aromatic N) is 4. The molecular weight excluding hydrogens is 408 g/mol. The molecule has 0 aliphatic carbocycles. The maximum Gasteiger partial charge on any atom is 0.271 e. The second-order valence-electron chi connectivity index (χ2n) is 7.67. The molecule has 0 spiro atoms. The number of likely N-dealkylation sites (tertiary alicyclic amines) is 1. The van der Waals surface area contributed by atoms with Crippen LogP contribution in [-0.2, 0) is 6.54 Å². The van der Waals surface area contributed by atoms with Crippen LogP contribution in [0.1, 0.15) is 51.7 Å². The Hall–Kier alpha value is -1.99. The molecule has 0 bridgehead atoms. The summed E-state index contributed by atoms with van der Waals surface area (Å²) in [6, 6.07) is 7.54. The summed E-state index contributed by atoms with van der Waals surface area (Å²) in [5.74, 6) is 0.295. The molecule has 0 atom stereocenters. The van der Waals surface area contributed by atoms with E-state index in [9.17, 15) is 9.59 Å². The zero-order chi connectivity index (χ0) is 20.5. The van der Waals surface area contributed by atoms with Gasteiger partial charge in [-0.25, -0.2) is 0 Å². The number of piperidine rings is 1. The Morgan fingerprint density at radius 2 is 1.93 bits per heavy atom. The molecule has 0 N–H and O–H groups in total. The van der Waals surface area contributed by atoms with Gasteiger partial charge in [0, 0.05) is 44.0 Å². The van der Waals surface area contributed by atoms with Gasteiger partial charge in [0.1, 0.15) is 5.69 Å². The highest BCUT2D eigenvalue weighted by Crippen LogP contribution is 2.31. The summed E-state index contributed by atoms with van der Waals surface area (Å²) in [6.07, 6.45) is 4.58. The molecule has 8 heteroatoms. The molecule has 0 unspecified atom stereocenters. The van der Waals surface area contributed by atoms with Crippen LogP contribution in [0.25, 0.3) is 0 Å². The van der Waals surface area contributed by atoms with Crippen molar-refractivity contribution in [3.63, 3.8) is 0 Å². The lowest BCUT2D eigenvalue weighted by molar-refractivity contribution is 0.0711. The summed E-state index contributed by atoms with van der Waals surface area (Å²) in [7, 11) is 1.84. The number of thioether (sulfide) groups is 1. The molecule has 2 aliphatic heterocycles. The van der Waals surface area contributed by atoms with Gasteiger partial charge in [-0.05, 0) is 49.8 Å². The molecule has 154 valence electrons. The Morgan fingerprint density at radius 3 is 2.66 bits per heavy atom. The van der Waals surface area contributed by atoms with Crippen LogP contribution in [0.4, 0.5) is 0 Å². The van der Waals surface area contributed by atoms with Crippen molar-refractivity contribution in [3.8, 4) is 0 Å². The number of carbonyl (C=O) groups is 2. The lowest BCUT2D eigenvalue weighted by Gasteiger charge is -2.31. The molecule has 6 nitrogen and oxygen atoms in total. The SMILES string of the molecule is CSc1ccc(Cl)c(C(=O)N2CCC(c3cc4n(n3)CCCN(C)C4=O)CC2)c1. The van der Waals surface area contributed by atoms with E-state index in [4.69, 9.17) is 16.7 Å². The fourth-order valence-electron chi connectivity index (χ4n) is 4.08. The van der Waals surface area contributed by atoms with Gasteiger partial charge in [0.15, 0.2) is 0 Å². The quantitative estimate of drug-likeness (QED) is 0.693. The van der Waals surface area contributed by atoms with E-state index < -0.39 is 0 Å². The molecule has 1 aromatic carbocycles. The van der Waals surface area contributed by atoms with Gasteiger partial charge in [-0.2, -0.15) is 5.10 Å². The van der Waals surface area contributed by atoms with Gasteiger partial charge in [-0.15, -0.1) is 11.8 Å². The average molecular weight is 433 g/mol. The predicted molar refractivity (Wildman–Crippen MR) is 115 cm³/mol. The number of hydrogen-bond acceptors (Lipinski definition) is 4. The third kappa shape index (κ3) is 4.03. The minimum atomic E-state index is -0.0122. The third-order valence-electron chi connectivity index (χ3n) is 5.83. The maximum atomic E-state index is 13.0. The maximum absolute atomic E-state index is 13.0. The first-order chi connectivity index (χ1) is 14.0. The topological polar surface area (TPSA) is 58.4 Å². The lowest BCUT2D eigenvalue weighted by Crippen LogP contribution is -2.38. The van der Waals surface area contributed by atoms with Gasteiger partial charge < -0.3 is 9.80 Å². The minimum Gasteiger partial charge on any atom is -0.340 e. The van der Waals surface area contributed by atoms with Crippen molar-refractivity contribution in [1.29, 1.82) is 0 Å². The smallest absolute Gasteiger partial charge is 0.271 e. The molecule has 3 heterocycles. The monoisotopic (exact) mass is 432 g/mol. The fraction of sp³-hybridized carbons (Fsp3) is 0.476. The van der Waals surface area contributed by atoms with Gasteiger partial charge in [-0.1, -0.05) is 11.6 Å². The number of aryl methyl sites for hydroxylation is 1. The van der Waals surface area contributed by atoms with Crippen LogP contribution >= 0.6 is 23.4 Å². The van der Waals surface area contributed by atoms with Gasteiger partial charge in [-0.3, -0.25) is 14.3 Å². The first-order valence-corrected chi connectivity index (χ1v) is 11.5. The normalized spacial score (nSPS) is 18.0. The van der Waals surface area contributed by atoms with Crippen LogP contribution in [-0.4, -0.2) is 64.3 Å². The minimum absolute atomic E-state index is 0.0122. The van der Waals surface area contributed by atoms with Crippen molar-refractivity contribution in [3.05, 3.63) is 46.2 Å². The van der Waals surface area contributed by atoms with E-state index in [1.54, 1.807) is 22.7 Å². The number of hydrogen-bond donors (Lipinski definition) is 0. The van der Waals surface area contributed by atoms with Crippen molar-refractivity contribution in [2.75, 3.05) is 32.9 Å². The number of rotatable bonds is 3. The molecule has 2 aromatic rings. The Labute approximate surface area is 180 Å². The summed E-state index contributed by atoms with van der Waals surface area (Å²) in [4.78, 5) is 30.2. The lowest BCUT2D eigenvalue weighted by atomic mass is 9.93. The molecule has 0 radical (unpaired) electrons. The summed E-state index contributed by atoms with van der Waals surface area (Å²) in [5, 5.41) is 5.22. The number of aromatic nitrogens is 2. The van der Waals surface area contributed by atoms with Crippen molar-refractivity contribution in [2.24, 2.45) is 0 Å². The molecule has 29 heavy (non-hydrogen) atoms. The van der Waals surface area contributed by atoms with E-state index in [1.165, 1.54) is 0 Å². The van der Waals surface area contributed by atoms with Crippen molar-refractivity contribution in [2.45, 2.75) is 36.6 Å². The van der Waals surface area contributed by atoms with Crippen LogP contribution in [0.15, 0.2) is 29.2 Å². The first kappa shape index (κ1) is 20.3. The Kier molecular flexibility index (Phi) is 5.88. The number of halogens is 1. The Bertz CT molecular complexity index is 937. The van der Waals surface area contributed by atoms with E-state index >= 15 is 0 Å². The van der Waals surface area contributed by atoms with Crippen LogP contribution in [0.3, 0.4) is 0 Å². The second-order valence-corrected chi connectivity index (χ2v) is 8.96. The number of fused-ring (bicyclic) bond motifs is 1. The molecular formula is C21H25ClN4O2S. The number of benzene rings is 1. The van der Waals surface area contributed by atoms with Crippen LogP contribution < -0.4 is 0 Å². The largest absolute Gasteiger partial charge is 0.340 e. The highest BCUT2D eigenvalue weighted by atomic mass is 35.5. The van der Waals surface area contributed by atoms with Gasteiger partial charge in [0.05, 0.1) is 16.3 Å². The van der Waals surface area contributed by atoms with Gasteiger partial charge >= 0.3 is 0 Å². The molecule has 4 rings (SSSR count). The van der Waals surface area contributed by atoms with Crippen molar-refractivity contribution >= 4 is 35.2 Å². The zero-order valence-electron chi connectivity index (χ0n) is 16.7. The van der Waals surface area contributed by atoms with E-state index in [-0.39, 0.29) is 17.7 Å². The summed E-state index contributed by atoms with van der Waals surface area (Å²) in [5.41, 5.74) is 2.22.